The molecule has 19 heavy (non-hydrogen) atoms. The van der Waals surface area contributed by atoms with Crippen LogP contribution in [0.4, 0.5) is 0 Å². The number of aliphatic carboxylic acids is 1. The maximum atomic E-state index is 12.3. The Balaban J connectivity index is 2.88. The number of hydrogen-bond donors (Lipinski definition) is 1. The molecule has 1 amide bonds. The number of carbonyl (C=O) groups excluding carboxylic acids is 1. The van der Waals surface area contributed by atoms with Crippen LogP contribution in [0.1, 0.15) is 33.1 Å². The second-order valence-electron chi connectivity index (χ2n) is 5.36. The van der Waals surface area contributed by atoms with Crippen LogP contribution in [0.2, 0.25) is 0 Å². The molecule has 0 radical (unpaired) electrons. The first-order chi connectivity index (χ1) is 8.74. The van der Waals surface area contributed by atoms with Crippen molar-refractivity contribution in [1.82, 2.24) is 4.90 Å². The maximum absolute atomic E-state index is 12.3. The molecular formula is C12H21NO5S. The Morgan fingerprint density at radius 2 is 1.95 bits per heavy atom. The molecule has 0 bridgehead atoms. The molecule has 7 heteroatoms. The summed E-state index contributed by atoms with van der Waals surface area (Å²) in [7, 11) is -3.42. The van der Waals surface area contributed by atoms with Gasteiger partial charge in [0.25, 0.3) is 0 Å². The summed E-state index contributed by atoms with van der Waals surface area (Å²) in [4.78, 5) is 24.2. The van der Waals surface area contributed by atoms with Crippen LogP contribution in [0, 0.1) is 5.92 Å². The van der Waals surface area contributed by atoms with Crippen molar-refractivity contribution in [3.63, 3.8) is 0 Å². The highest BCUT2D eigenvalue weighted by molar-refractivity contribution is 7.92. The third-order valence-corrected chi connectivity index (χ3v) is 5.24. The van der Waals surface area contributed by atoms with Crippen LogP contribution in [0.5, 0.6) is 0 Å². The smallest absolute Gasteiger partial charge is 0.323 e. The quantitative estimate of drug-likeness (QED) is 0.797. The summed E-state index contributed by atoms with van der Waals surface area (Å²) in [6.45, 7) is 3.54. The Hall–Kier alpha value is -1.11. The molecule has 0 saturated carbocycles. The average molecular weight is 291 g/mol. The van der Waals surface area contributed by atoms with E-state index >= 15 is 0 Å². The lowest BCUT2D eigenvalue weighted by molar-refractivity contribution is -0.144. The van der Waals surface area contributed by atoms with Crippen molar-refractivity contribution >= 4 is 21.7 Å². The fraction of sp³-hybridized carbons (Fsp3) is 0.833. The third-order valence-electron chi connectivity index (χ3n) is 3.08. The predicted molar refractivity (Wildman–Crippen MR) is 70.5 cm³/mol. The second-order valence-corrected chi connectivity index (χ2v) is 7.66. The normalized spacial score (nSPS) is 22.2. The first kappa shape index (κ1) is 15.9. The standard InChI is InChI=1S/C12H21NO5S/c1-9(2)7-13(8-11(14)15)12(16)10-5-3-4-6-19(10,17)18/h9-10H,3-8H2,1-2H3,(H,14,15). The lowest BCUT2D eigenvalue weighted by Gasteiger charge is -2.29. The number of amides is 1. The summed E-state index contributed by atoms with van der Waals surface area (Å²) in [6, 6.07) is 0. The summed E-state index contributed by atoms with van der Waals surface area (Å²) >= 11 is 0. The minimum atomic E-state index is -3.42. The molecule has 0 aromatic carbocycles. The minimum absolute atomic E-state index is 0.0198. The van der Waals surface area contributed by atoms with Gasteiger partial charge in [-0.25, -0.2) is 8.42 Å². The predicted octanol–water partition coefficient (Wildman–Crippen LogP) is 0.523. The van der Waals surface area contributed by atoms with Crippen molar-refractivity contribution in [2.24, 2.45) is 5.92 Å². The Kier molecular flexibility index (Phi) is 5.34. The zero-order valence-corrected chi connectivity index (χ0v) is 12.1. The molecule has 0 aliphatic carbocycles. The van der Waals surface area contributed by atoms with Gasteiger partial charge in [-0.1, -0.05) is 20.3 Å². The largest absolute Gasteiger partial charge is 0.480 e. The monoisotopic (exact) mass is 291 g/mol. The molecule has 1 aliphatic rings. The van der Waals surface area contributed by atoms with Crippen molar-refractivity contribution < 1.29 is 23.1 Å². The minimum Gasteiger partial charge on any atom is -0.480 e. The van der Waals surface area contributed by atoms with E-state index in [4.69, 9.17) is 5.11 Å². The van der Waals surface area contributed by atoms with Gasteiger partial charge in [0.05, 0.1) is 5.75 Å². The first-order valence-electron chi connectivity index (χ1n) is 6.46. The van der Waals surface area contributed by atoms with Crippen molar-refractivity contribution in [2.45, 2.75) is 38.4 Å². The van der Waals surface area contributed by atoms with E-state index in [0.717, 1.165) is 4.90 Å². The highest BCUT2D eigenvalue weighted by Gasteiger charge is 2.37. The van der Waals surface area contributed by atoms with Gasteiger partial charge in [0.2, 0.25) is 5.91 Å². The van der Waals surface area contributed by atoms with Crippen LogP contribution in [0.25, 0.3) is 0 Å². The summed E-state index contributed by atoms with van der Waals surface area (Å²) in [6.07, 6.45) is 1.57. The molecule has 1 unspecified atom stereocenters. The lowest BCUT2D eigenvalue weighted by Crippen LogP contribution is -2.48. The highest BCUT2D eigenvalue weighted by atomic mass is 32.2. The molecule has 0 spiro atoms. The molecule has 1 aliphatic heterocycles. The van der Waals surface area contributed by atoms with Crippen molar-refractivity contribution in [3.8, 4) is 0 Å². The molecule has 1 saturated heterocycles. The molecule has 6 nitrogen and oxygen atoms in total. The van der Waals surface area contributed by atoms with E-state index in [0.29, 0.717) is 19.3 Å². The van der Waals surface area contributed by atoms with E-state index in [-0.39, 0.29) is 18.2 Å². The molecule has 1 N–H and O–H groups in total. The number of nitrogens with zero attached hydrogens (tertiary/aromatic N) is 1. The molecular weight excluding hydrogens is 270 g/mol. The summed E-state index contributed by atoms with van der Waals surface area (Å²) in [5, 5.41) is 7.77. The van der Waals surface area contributed by atoms with Gasteiger partial charge in [-0.2, -0.15) is 0 Å². The molecule has 110 valence electrons. The summed E-state index contributed by atoms with van der Waals surface area (Å²) < 4.78 is 23.8. The van der Waals surface area contributed by atoms with Crippen molar-refractivity contribution in [2.75, 3.05) is 18.8 Å². The van der Waals surface area contributed by atoms with Gasteiger partial charge in [0.15, 0.2) is 9.84 Å². The zero-order valence-electron chi connectivity index (χ0n) is 11.3. The number of carbonyl (C=O) groups is 2. The fourth-order valence-electron chi connectivity index (χ4n) is 2.27. The average Bonchev–Trinajstić information content (AvgIpc) is 2.25. The van der Waals surface area contributed by atoms with Gasteiger partial charge >= 0.3 is 5.97 Å². The van der Waals surface area contributed by atoms with E-state index in [2.05, 4.69) is 0 Å². The number of sulfone groups is 1. The van der Waals surface area contributed by atoms with Gasteiger partial charge in [0.1, 0.15) is 11.8 Å². The lowest BCUT2D eigenvalue weighted by atomic mass is 10.1. The van der Waals surface area contributed by atoms with Gasteiger partial charge in [-0.3, -0.25) is 9.59 Å². The summed E-state index contributed by atoms with van der Waals surface area (Å²) in [5.74, 6) is -1.57. The van der Waals surface area contributed by atoms with E-state index < -0.39 is 33.5 Å². The van der Waals surface area contributed by atoms with E-state index in [1.165, 1.54) is 0 Å². The molecule has 1 fully saturated rings. The summed E-state index contributed by atoms with van der Waals surface area (Å²) in [5.41, 5.74) is 0. The van der Waals surface area contributed by atoms with Crippen LogP contribution in [0.15, 0.2) is 0 Å². The van der Waals surface area contributed by atoms with Gasteiger partial charge in [0, 0.05) is 6.54 Å². The SMILES string of the molecule is CC(C)CN(CC(=O)O)C(=O)C1CCCCS1(=O)=O. The van der Waals surface area contributed by atoms with Crippen molar-refractivity contribution in [3.05, 3.63) is 0 Å². The third kappa shape index (κ3) is 4.49. The Bertz CT molecular complexity index is 443. The van der Waals surface area contributed by atoms with Crippen LogP contribution in [-0.2, 0) is 19.4 Å². The van der Waals surface area contributed by atoms with Gasteiger partial charge in [-0.15, -0.1) is 0 Å². The van der Waals surface area contributed by atoms with Crippen LogP contribution in [0.3, 0.4) is 0 Å². The Morgan fingerprint density at radius 1 is 1.32 bits per heavy atom. The number of hydrogen-bond acceptors (Lipinski definition) is 4. The maximum Gasteiger partial charge on any atom is 0.323 e. The Morgan fingerprint density at radius 3 is 2.42 bits per heavy atom. The van der Waals surface area contributed by atoms with Crippen LogP contribution in [-0.4, -0.2) is 54.4 Å². The molecule has 0 aromatic rings. The second kappa shape index (κ2) is 6.36. The molecule has 1 atom stereocenters. The first-order valence-corrected chi connectivity index (χ1v) is 8.17. The van der Waals surface area contributed by atoms with Gasteiger partial charge < -0.3 is 10.0 Å². The number of carboxylic acid groups (broad SMARTS) is 1. The van der Waals surface area contributed by atoms with Crippen molar-refractivity contribution in [1.29, 1.82) is 0 Å². The number of carboxylic acids is 1. The Labute approximate surface area is 113 Å². The van der Waals surface area contributed by atoms with Gasteiger partial charge in [-0.05, 0) is 18.8 Å². The van der Waals surface area contributed by atoms with Crippen LogP contribution >= 0.6 is 0 Å². The zero-order chi connectivity index (χ0) is 14.6. The fourth-order valence-corrected chi connectivity index (χ4v) is 4.15. The topological polar surface area (TPSA) is 91.8 Å². The highest BCUT2D eigenvalue weighted by Crippen LogP contribution is 2.21. The van der Waals surface area contributed by atoms with E-state index in [9.17, 15) is 18.0 Å². The number of rotatable bonds is 5. The van der Waals surface area contributed by atoms with E-state index in [1.54, 1.807) is 0 Å². The molecule has 1 rings (SSSR count). The molecule has 1 heterocycles. The molecule has 0 aromatic heterocycles. The van der Waals surface area contributed by atoms with Crippen LogP contribution < -0.4 is 0 Å². The van der Waals surface area contributed by atoms with E-state index in [1.807, 2.05) is 13.8 Å².